The summed E-state index contributed by atoms with van der Waals surface area (Å²) in [6, 6.07) is 11.0. The van der Waals surface area contributed by atoms with Gasteiger partial charge in [0.2, 0.25) is 5.88 Å². The number of halogens is 3. The predicted molar refractivity (Wildman–Crippen MR) is 108 cm³/mol. The molecule has 0 radical (unpaired) electrons. The Balaban J connectivity index is 2.20. The normalized spacial score (nSPS) is 12.1. The van der Waals surface area contributed by atoms with Gasteiger partial charge in [0.15, 0.2) is 0 Å². The number of nitrogens with zero attached hydrogens (tertiary/aromatic N) is 2. The Morgan fingerprint density at radius 2 is 1.79 bits per heavy atom. The maximum absolute atomic E-state index is 13.1. The Kier molecular flexibility index (Phi) is 6.06. The molecule has 0 atom stereocenters. The molecular weight excluding hydrogens is 381 g/mol. The summed E-state index contributed by atoms with van der Waals surface area (Å²) in [5.41, 5.74) is -1.26. The fourth-order valence-corrected chi connectivity index (χ4v) is 3.16. The van der Waals surface area contributed by atoms with Crippen molar-refractivity contribution < 1.29 is 18.3 Å². The fourth-order valence-electron chi connectivity index (χ4n) is 3.16. The molecule has 0 spiro atoms. The van der Waals surface area contributed by atoms with E-state index < -0.39 is 23.2 Å². The average molecular weight is 402 g/mol. The highest BCUT2D eigenvalue weighted by Crippen LogP contribution is 2.32. The number of aromatic hydroxyl groups is 1. The van der Waals surface area contributed by atoms with Crippen LogP contribution in [0.1, 0.15) is 37.3 Å². The zero-order valence-electron chi connectivity index (χ0n) is 15.9. The molecule has 0 bridgehead atoms. The van der Waals surface area contributed by atoms with Crippen LogP contribution >= 0.6 is 0 Å². The van der Waals surface area contributed by atoms with Gasteiger partial charge in [0.25, 0.3) is 5.56 Å². The number of aliphatic imine (C=N–C) groups is 1. The predicted octanol–water partition coefficient (Wildman–Crippen LogP) is 5.32. The third-order valence-electron chi connectivity index (χ3n) is 4.65. The van der Waals surface area contributed by atoms with Gasteiger partial charge in [0.05, 0.1) is 16.8 Å². The van der Waals surface area contributed by atoms with E-state index in [-0.39, 0.29) is 11.1 Å². The Morgan fingerprint density at radius 3 is 2.48 bits per heavy atom. The summed E-state index contributed by atoms with van der Waals surface area (Å²) in [6.45, 7) is 2.64. The Morgan fingerprint density at radius 1 is 1.07 bits per heavy atom. The molecule has 0 amide bonds. The second-order valence-electron chi connectivity index (χ2n) is 6.71. The number of hydrogen-bond donors (Lipinski definition) is 1. The van der Waals surface area contributed by atoms with Gasteiger partial charge in [-0.25, -0.2) is 4.57 Å². The van der Waals surface area contributed by atoms with Crippen LogP contribution in [0.3, 0.4) is 0 Å². The van der Waals surface area contributed by atoms with Crippen molar-refractivity contribution in [3.05, 3.63) is 70.0 Å². The molecule has 0 aliphatic heterocycles. The first-order chi connectivity index (χ1) is 13.8. The van der Waals surface area contributed by atoms with Crippen LogP contribution in [0.25, 0.3) is 16.5 Å². The van der Waals surface area contributed by atoms with Gasteiger partial charge in [0.1, 0.15) is 0 Å². The molecule has 3 aromatic rings. The summed E-state index contributed by atoms with van der Waals surface area (Å²) >= 11 is 0. The molecule has 0 fully saturated rings. The van der Waals surface area contributed by atoms with Crippen LogP contribution in [0.5, 0.6) is 5.88 Å². The number of fused-ring (bicyclic) bond motifs is 1. The molecule has 0 aliphatic carbocycles. The minimum atomic E-state index is -4.56. The minimum absolute atomic E-state index is 0.0614. The van der Waals surface area contributed by atoms with Crippen LogP contribution in [-0.2, 0) is 6.18 Å². The molecule has 29 heavy (non-hydrogen) atoms. The van der Waals surface area contributed by atoms with Crippen molar-refractivity contribution in [2.75, 3.05) is 6.54 Å². The lowest BCUT2D eigenvalue weighted by molar-refractivity contribution is -0.137. The first-order valence-corrected chi connectivity index (χ1v) is 9.38. The smallest absolute Gasteiger partial charge is 0.416 e. The Bertz CT molecular complexity index is 1100. The van der Waals surface area contributed by atoms with Gasteiger partial charge in [-0.05, 0) is 30.7 Å². The second kappa shape index (κ2) is 8.51. The molecule has 0 saturated heterocycles. The van der Waals surface area contributed by atoms with Crippen LogP contribution in [0, 0.1) is 0 Å². The molecule has 2 aromatic carbocycles. The zero-order valence-corrected chi connectivity index (χ0v) is 15.9. The monoisotopic (exact) mass is 402 g/mol. The summed E-state index contributed by atoms with van der Waals surface area (Å²) in [6.07, 6.45) is -0.122. The van der Waals surface area contributed by atoms with E-state index >= 15 is 0 Å². The van der Waals surface area contributed by atoms with E-state index in [4.69, 9.17) is 0 Å². The van der Waals surface area contributed by atoms with E-state index in [2.05, 4.69) is 11.9 Å². The van der Waals surface area contributed by atoms with Gasteiger partial charge in [-0.2, -0.15) is 13.2 Å². The number of alkyl halides is 3. The van der Waals surface area contributed by atoms with Crippen molar-refractivity contribution >= 4 is 17.0 Å². The van der Waals surface area contributed by atoms with Crippen molar-refractivity contribution in [3.63, 3.8) is 0 Å². The largest absolute Gasteiger partial charge is 0.494 e. The number of pyridine rings is 1. The molecule has 1 aromatic heterocycles. The molecule has 152 valence electrons. The van der Waals surface area contributed by atoms with E-state index in [9.17, 15) is 23.1 Å². The topological polar surface area (TPSA) is 54.6 Å². The summed E-state index contributed by atoms with van der Waals surface area (Å²) in [7, 11) is 0. The van der Waals surface area contributed by atoms with Crippen molar-refractivity contribution in [3.8, 4) is 11.6 Å². The van der Waals surface area contributed by atoms with Crippen molar-refractivity contribution in [1.82, 2.24) is 4.57 Å². The van der Waals surface area contributed by atoms with Crippen LogP contribution in [-0.4, -0.2) is 22.4 Å². The molecule has 7 heteroatoms. The van der Waals surface area contributed by atoms with Gasteiger partial charge in [0, 0.05) is 23.5 Å². The van der Waals surface area contributed by atoms with Gasteiger partial charge in [-0.1, -0.05) is 44.0 Å². The molecule has 0 unspecified atom stereocenters. The summed E-state index contributed by atoms with van der Waals surface area (Å²) < 4.78 is 40.2. The first-order valence-electron chi connectivity index (χ1n) is 9.38. The van der Waals surface area contributed by atoms with Crippen LogP contribution < -0.4 is 5.56 Å². The maximum Gasteiger partial charge on any atom is 0.416 e. The average Bonchev–Trinajstić information content (AvgIpc) is 2.70. The van der Waals surface area contributed by atoms with E-state index in [1.807, 2.05) is 0 Å². The Labute approximate surface area is 166 Å². The zero-order chi connectivity index (χ0) is 21.0. The second-order valence-corrected chi connectivity index (χ2v) is 6.71. The quantitative estimate of drug-likeness (QED) is 0.448. The standard InChI is InChI=1S/C22H21F3N2O2/c1-2-3-6-12-26-14-19-17-10-4-5-11-18(17)20(28)27(21(19)29)16-9-7-8-15(13-16)22(23,24)25/h4-5,7-11,13-14,29H,2-3,6,12H2,1H3. The first kappa shape index (κ1) is 20.6. The fraction of sp³-hybridized carbons (Fsp3) is 0.273. The van der Waals surface area contributed by atoms with Crippen molar-refractivity contribution in [2.24, 2.45) is 4.99 Å². The van der Waals surface area contributed by atoms with Crippen molar-refractivity contribution in [1.29, 1.82) is 0 Å². The molecule has 0 saturated carbocycles. The van der Waals surface area contributed by atoms with Gasteiger partial charge >= 0.3 is 6.18 Å². The molecular formula is C22H21F3N2O2. The Hall–Kier alpha value is -3.09. The number of aromatic nitrogens is 1. The van der Waals surface area contributed by atoms with Gasteiger partial charge < -0.3 is 5.11 Å². The minimum Gasteiger partial charge on any atom is -0.494 e. The highest BCUT2D eigenvalue weighted by atomic mass is 19.4. The SMILES string of the molecule is CCCCCN=Cc1c(O)n(-c2cccc(C(F)(F)F)c2)c(=O)c2ccccc12. The lowest BCUT2D eigenvalue weighted by Gasteiger charge is -2.15. The summed E-state index contributed by atoms with van der Waals surface area (Å²) in [5, 5.41) is 11.6. The number of unbranched alkanes of at least 4 members (excludes halogenated alkanes) is 2. The number of benzene rings is 2. The number of hydrogen-bond acceptors (Lipinski definition) is 3. The van der Waals surface area contributed by atoms with Crippen molar-refractivity contribution in [2.45, 2.75) is 32.4 Å². The van der Waals surface area contributed by atoms with Crippen LogP contribution in [0.2, 0.25) is 0 Å². The molecule has 3 rings (SSSR count). The highest BCUT2D eigenvalue weighted by molar-refractivity contribution is 6.01. The third-order valence-corrected chi connectivity index (χ3v) is 4.65. The van der Waals surface area contributed by atoms with E-state index in [0.717, 1.165) is 36.0 Å². The summed E-state index contributed by atoms with van der Waals surface area (Å²) in [5.74, 6) is -0.438. The lowest BCUT2D eigenvalue weighted by atomic mass is 10.1. The lowest BCUT2D eigenvalue weighted by Crippen LogP contribution is -2.20. The summed E-state index contributed by atoms with van der Waals surface area (Å²) in [4.78, 5) is 17.3. The van der Waals surface area contributed by atoms with E-state index in [1.165, 1.54) is 18.3 Å². The molecule has 4 nitrogen and oxygen atoms in total. The van der Waals surface area contributed by atoms with E-state index in [0.29, 0.717) is 17.5 Å². The number of rotatable bonds is 6. The third kappa shape index (κ3) is 4.34. The molecule has 1 heterocycles. The van der Waals surface area contributed by atoms with Gasteiger partial charge in [-0.3, -0.25) is 9.79 Å². The van der Waals surface area contributed by atoms with Gasteiger partial charge in [-0.15, -0.1) is 0 Å². The highest BCUT2D eigenvalue weighted by Gasteiger charge is 2.31. The van der Waals surface area contributed by atoms with Crippen LogP contribution in [0.15, 0.2) is 58.3 Å². The molecule has 1 N–H and O–H groups in total. The van der Waals surface area contributed by atoms with E-state index in [1.54, 1.807) is 24.3 Å². The van der Waals surface area contributed by atoms with Crippen LogP contribution in [0.4, 0.5) is 13.2 Å². The maximum atomic E-state index is 13.1. The molecule has 0 aliphatic rings.